The van der Waals surface area contributed by atoms with Crippen LogP contribution in [0.1, 0.15) is 104 Å². The molecule has 2 nitrogen and oxygen atoms in total. The van der Waals surface area contributed by atoms with Gasteiger partial charge < -0.3 is 9.72 Å². The first kappa shape index (κ1) is 24.9. The van der Waals surface area contributed by atoms with Gasteiger partial charge in [0.05, 0.1) is 7.11 Å². The summed E-state index contributed by atoms with van der Waals surface area (Å²) in [6, 6.07) is 6.63. The van der Waals surface area contributed by atoms with E-state index in [1.807, 2.05) is 0 Å². The average Bonchev–Trinajstić information content (AvgIpc) is 3.38. The molecule has 3 saturated carbocycles. The Morgan fingerprint density at radius 3 is 2.56 bits per heavy atom. The van der Waals surface area contributed by atoms with Crippen LogP contribution >= 0.6 is 0 Å². The third kappa shape index (κ3) is 3.79. The largest absolute Gasteiger partial charge is 0.497 e. The molecule has 1 heterocycles. The van der Waals surface area contributed by atoms with Crippen LogP contribution in [0.2, 0.25) is 0 Å². The van der Waals surface area contributed by atoms with Crippen molar-refractivity contribution in [2.75, 3.05) is 7.11 Å². The number of methoxy groups -OCH3 is 1. The summed E-state index contributed by atoms with van der Waals surface area (Å²) in [5.41, 5.74) is 5.49. The van der Waals surface area contributed by atoms with Gasteiger partial charge in [0.2, 0.25) is 0 Å². The van der Waals surface area contributed by atoms with Gasteiger partial charge in [-0.3, -0.25) is 0 Å². The minimum absolute atomic E-state index is 0.455. The minimum atomic E-state index is 0.455. The molecule has 1 aromatic carbocycles. The molecule has 0 amide bonds. The normalized spacial score (nSPS) is 38.4. The number of aromatic nitrogens is 1. The lowest BCUT2D eigenvalue weighted by atomic mass is 9.44. The standard InChI is InChI=1S/C34H51NO/c1-21(2)8-7-9-22(3)28-13-14-29-25-12-10-23-18-32-27(26-19-24(36-6)11-15-31(26)35-32)20-34(23,5)30(25)16-17-33(28,29)4/h11,15,19,21-23,25,28-30,35H,7-10,12-14,16-18,20H2,1-6H3. The molecule has 0 aliphatic heterocycles. The van der Waals surface area contributed by atoms with E-state index in [-0.39, 0.29) is 0 Å². The molecule has 1 aromatic heterocycles. The monoisotopic (exact) mass is 489 g/mol. The average molecular weight is 490 g/mol. The van der Waals surface area contributed by atoms with Gasteiger partial charge in [0, 0.05) is 16.6 Å². The zero-order valence-corrected chi connectivity index (χ0v) is 24.0. The molecule has 2 heteroatoms. The van der Waals surface area contributed by atoms with E-state index in [9.17, 15) is 0 Å². The number of hydrogen-bond donors (Lipinski definition) is 1. The lowest BCUT2D eigenvalue weighted by Crippen LogP contribution is -2.54. The number of rotatable bonds is 6. The Morgan fingerprint density at radius 2 is 1.78 bits per heavy atom. The first-order chi connectivity index (χ1) is 17.2. The van der Waals surface area contributed by atoms with E-state index in [1.165, 1.54) is 87.2 Å². The van der Waals surface area contributed by atoms with Crippen molar-refractivity contribution in [1.29, 1.82) is 0 Å². The summed E-state index contributed by atoms with van der Waals surface area (Å²) in [5, 5.41) is 1.42. The van der Waals surface area contributed by atoms with E-state index >= 15 is 0 Å². The minimum Gasteiger partial charge on any atom is -0.497 e. The van der Waals surface area contributed by atoms with Crippen LogP contribution in [0.3, 0.4) is 0 Å². The summed E-state index contributed by atoms with van der Waals surface area (Å²) in [4.78, 5) is 3.82. The third-order valence-electron chi connectivity index (χ3n) is 12.5. The fourth-order valence-electron chi connectivity index (χ4n) is 10.6. The van der Waals surface area contributed by atoms with E-state index in [0.717, 1.165) is 47.2 Å². The molecule has 36 heavy (non-hydrogen) atoms. The zero-order chi connectivity index (χ0) is 25.2. The van der Waals surface area contributed by atoms with Crippen molar-refractivity contribution in [3.8, 4) is 5.75 Å². The summed E-state index contributed by atoms with van der Waals surface area (Å²) in [6.07, 6.45) is 15.7. The molecule has 6 rings (SSSR count). The van der Waals surface area contributed by atoms with Gasteiger partial charge in [0.25, 0.3) is 0 Å². The number of H-pyrrole nitrogens is 1. The maximum Gasteiger partial charge on any atom is 0.119 e. The number of hydrogen-bond acceptors (Lipinski definition) is 1. The van der Waals surface area contributed by atoms with Crippen molar-refractivity contribution in [2.24, 2.45) is 52.3 Å². The van der Waals surface area contributed by atoms with Gasteiger partial charge in [-0.05, 0) is 127 Å². The SMILES string of the molecule is COc1ccc2[nH]c3c(c2c1)CC1(C)C(CCC2C1CCC1(C)C(C(C)CCCC(C)C)CCC21)C3. The Morgan fingerprint density at radius 1 is 0.972 bits per heavy atom. The molecule has 3 fully saturated rings. The molecule has 4 aliphatic carbocycles. The fraction of sp³-hybridized carbons (Fsp3) is 0.765. The van der Waals surface area contributed by atoms with Crippen LogP contribution in [0, 0.1) is 52.3 Å². The molecular weight excluding hydrogens is 438 g/mol. The zero-order valence-electron chi connectivity index (χ0n) is 24.0. The predicted molar refractivity (Wildman–Crippen MR) is 151 cm³/mol. The number of benzene rings is 1. The summed E-state index contributed by atoms with van der Waals surface area (Å²) in [6.45, 7) is 12.8. The molecule has 198 valence electrons. The molecule has 0 bridgehead atoms. The van der Waals surface area contributed by atoms with E-state index in [1.54, 1.807) is 12.7 Å². The lowest BCUT2D eigenvalue weighted by molar-refractivity contribution is -0.103. The highest BCUT2D eigenvalue weighted by Crippen LogP contribution is 2.68. The van der Waals surface area contributed by atoms with Crippen LogP contribution in [0.25, 0.3) is 10.9 Å². The van der Waals surface area contributed by atoms with Gasteiger partial charge in [0.1, 0.15) is 5.75 Å². The second kappa shape index (κ2) is 9.09. The maximum atomic E-state index is 5.61. The van der Waals surface area contributed by atoms with E-state index in [2.05, 4.69) is 57.8 Å². The van der Waals surface area contributed by atoms with Crippen LogP contribution in [0.5, 0.6) is 5.75 Å². The molecule has 0 radical (unpaired) electrons. The summed E-state index contributed by atoms with van der Waals surface area (Å²) < 4.78 is 5.61. The highest BCUT2D eigenvalue weighted by atomic mass is 16.5. The highest BCUT2D eigenvalue weighted by Gasteiger charge is 2.60. The van der Waals surface area contributed by atoms with Crippen molar-refractivity contribution in [3.05, 3.63) is 29.5 Å². The number of fused-ring (bicyclic) bond motifs is 8. The summed E-state index contributed by atoms with van der Waals surface area (Å²) >= 11 is 0. The first-order valence-electron chi connectivity index (χ1n) is 15.4. The van der Waals surface area contributed by atoms with Crippen LogP contribution < -0.4 is 4.74 Å². The smallest absolute Gasteiger partial charge is 0.119 e. The van der Waals surface area contributed by atoms with Gasteiger partial charge in [-0.15, -0.1) is 0 Å². The van der Waals surface area contributed by atoms with Crippen LogP contribution in [-0.4, -0.2) is 12.1 Å². The molecule has 1 N–H and O–H groups in total. The van der Waals surface area contributed by atoms with Crippen molar-refractivity contribution >= 4 is 10.9 Å². The molecule has 8 unspecified atom stereocenters. The molecule has 0 spiro atoms. The molecule has 8 atom stereocenters. The summed E-state index contributed by atoms with van der Waals surface area (Å²) in [5.74, 6) is 7.39. The predicted octanol–water partition coefficient (Wildman–Crippen LogP) is 9.21. The van der Waals surface area contributed by atoms with Crippen molar-refractivity contribution in [2.45, 2.75) is 105 Å². The van der Waals surface area contributed by atoms with E-state index < -0.39 is 0 Å². The van der Waals surface area contributed by atoms with Crippen molar-refractivity contribution in [3.63, 3.8) is 0 Å². The van der Waals surface area contributed by atoms with Crippen molar-refractivity contribution < 1.29 is 4.74 Å². The van der Waals surface area contributed by atoms with Gasteiger partial charge >= 0.3 is 0 Å². The Balaban J connectivity index is 1.24. The third-order valence-corrected chi connectivity index (χ3v) is 12.5. The number of ether oxygens (including phenoxy) is 1. The van der Waals surface area contributed by atoms with Gasteiger partial charge in [-0.25, -0.2) is 0 Å². The molecule has 2 aromatic rings. The van der Waals surface area contributed by atoms with Crippen LogP contribution in [0.4, 0.5) is 0 Å². The summed E-state index contributed by atoms with van der Waals surface area (Å²) in [7, 11) is 1.79. The topological polar surface area (TPSA) is 25.0 Å². The van der Waals surface area contributed by atoms with E-state index in [4.69, 9.17) is 4.74 Å². The highest BCUT2D eigenvalue weighted by molar-refractivity contribution is 5.86. The van der Waals surface area contributed by atoms with Gasteiger partial charge in [-0.2, -0.15) is 0 Å². The maximum absolute atomic E-state index is 5.61. The molecule has 0 saturated heterocycles. The lowest BCUT2D eigenvalue weighted by Gasteiger charge is -2.60. The van der Waals surface area contributed by atoms with Crippen LogP contribution in [0.15, 0.2) is 18.2 Å². The van der Waals surface area contributed by atoms with Gasteiger partial charge in [0.15, 0.2) is 0 Å². The molecule has 4 aliphatic rings. The second-order valence-electron chi connectivity index (χ2n) is 14.6. The van der Waals surface area contributed by atoms with Crippen LogP contribution in [-0.2, 0) is 12.8 Å². The Kier molecular flexibility index (Phi) is 6.28. The van der Waals surface area contributed by atoms with Gasteiger partial charge in [-0.1, -0.05) is 53.9 Å². The Bertz CT molecular complexity index is 1100. The fourth-order valence-corrected chi connectivity index (χ4v) is 10.6. The van der Waals surface area contributed by atoms with Crippen molar-refractivity contribution in [1.82, 2.24) is 4.98 Å². The number of nitrogens with one attached hydrogen (secondary N) is 1. The number of aromatic amines is 1. The molecular formula is C34H51NO. The first-order valence-corrected chi connectivity index (χ1v) is 15.4. The Hall–Kier alpha value is -1.44. The Labute approximate surface area is 220 Å². The van der Waals surface area contributed by atoms with E-state index in [0.29, 0.717) is 10.8 Å². The second-order valence-corrected chi connectivity index (χ2v) is 14.6. The quantitative estimate of drug-likeness (QED) is 0.430.